The monoisotopic (exact) mass is 260 g/mol. The van der Waals surface area contributed by atoms with Crippen molar-refractivity contribution in [2.24, 2.45) is 0 Å². The summed E-state index contributed by atoms with van der Waals surface area (Å²) in [6.07, 6.45) is 0.984. The van der Waals surface area contributed by atoms with E-state index in [2.05, 4.69) is 6.92 Å². The van der Waals surface area contributed by atoms with Gasteiger partial charge < -0.3 is 9.66 Å². The van der Waals surface area contributed by atoms with Crippen LogP contribution < -0.4 is 0 Å². The van der Waals surface area contributed by atoms with Gasteiger partial charge in [-0.05, 0) is 60.9 Å². The molecule has 0 heterocycles. The van der Waals surface area contributed by atoms with E-state index in [1.807, 2.05) is 25.1 Å². The molecule has 1 N–H and O–H groups in total. The van der Waals surface area contributed by atoms with Crippen LogP contribution in [-0.4, -0.2) is 9.66 Å². The minimum absolute atomic E-state index is 0.188. The fourth-order valence-electron chi connectivity index (χ4n) is 1.89. The van der Waals surface area contributed by atoms with Gasteiger partial charge in [-0.15, -0.1) is 0 Å². The maximum absolute atomic E-state index is 12.3. The largest absolute Gasteiger partial charge is 0.606 e. The second-order valence-electron chi connectivity index (χ2n) is 4.20. The van der Waals surface area contributed by atoms with Gasteiger partial charge in [-0.25, -0.2) is 0 Å². The summed E-state index contributed by atoms with van der Waals surface area (Å²) in [6, 6.07) is 12.4. The summed E-state index contributed by atoms with van der Waals surface area (Å²) in [5, 5.41) is 9.22. The van der Waals surface area contributed by atoms with E-state index in [4.69, 9.17) is 0 Å². The molecule has 3 heteroatoms. The Morgan fingerprint density at radius 1 is 1.06 bits per heavy atom. The molecule has 1 atom stereocenters. The lowest BCUT2D eigenvalue weighted by Gasteiger charge is -2.11. The molecule has 0 fully saturated rings. The molecule has 2 aromatic carbocycles. The van der Waals surface area contributed by atoms with Crippen LogP contribution in [0.15, 0.2) is 52.3 Å². The summed E-state index contributed by atoms with van der Waals surface area (Å²) in [7, 11) is 0. The van der Waals surface area contributed by atoms with Crippen LogP contribution in [0.3, 0.4) is 0 Å². The van der Waals surface area contributed by atoms with Crippen LogP contribution in [0, 0.1) is 6.92 Å². The van der Waals surface area contributed by atoms with Crippen LogP contribution in [0.5, 0.6) is 5.75 Å². The highest BCUT2D eigenvalue weighted by Gasteiger charge is 2.15. The molecular weight excluding hydrogens is 244 g/mol. The lowest BCUT2D eigenvalue weighted by Crippen LogP contribution is -2.03. The lowest BCUT2D eigenvalue weighted by molar-refractivity contribution is 0.474. The van der Waals surface area contributed by atoms with E-state index in [1.54, 1.807) is 24.3 Å². The number of phenolic OH excluding ortho intramolecular Hbond substituents is 1. The van der Waals surface area contributed by atoms with Crippen LogP contribution in [0.25, 0.3) is 0 Å². The van der Waals surface area contributed by atoms with Crippen molar-refractivity contribution >= 4 is 11.2 Å². The molecule has 2 nitrogen and oxygen atoms in total. The van der Waals surface area contributed by atoms with Crippen molar-refractivity contribution in [3.8, 4) is 5.75 Å². The average molecular weight is 260 g/mol. The first-order chi connectivity index (χ1) is 8.61. The van der Waals surface area contributed by atoms with E-state index < -0.39 is 11.2 Å². The smallest absolute Gasteiger partial charge is 0.158 e. The van der Waals surface area contributed by atoms with Gasteiger partial charge >= 0.3 is 0 Å². The minimum Gasteiger partial charge on any atom is -0.606 e. The van der Waals surface area contributed by atoms with Crippen LogP contribution in [0.1, 0.15) is 18.1 Å². The molecule has 0 aliphatic rings. The summed E-state index contributed by atoms with van der Waals surface area (Å²) in [4.78, 5) is 1.51. The highest BCUT2D eigenvalue weighted by Crippen LogP contribution is 2.24. The van der Waals surface area contributed by atoms with Crippen molar-refractivity contribution in [1.82, 2.24) is 0 Å². The topological polar surface area (TPSA) is 43.3 Å². The fraction of sp³-hybridized carbons (Fsp3) is 0.200. The van der Waals surface area contributed by atoms with E-state index in [1.165, 1.54) is 11.1 Å². The number of hydrogen-bond acceptors (Lipinski definition) is 2. The van der Waals surface area contributed by atoms with E-state index in [-0.39, 0.29) is 5.75 Å². The Morgan fingerprint density at radius 3 is 2.22 bits per heavy atom. The molecule has 0 radical (unpaired) electrons. The predicted molar refractivity (Wildman–Crippen MR) is 73.3 cm³/mol. The maximum atomic E-state index is 12.3. The number of phenols is 1. The highest BCUT2D eigenvalue weighted by molar-refractivity contribution is 7.91. The maximum Gasteiger partial charge on any atom is 0.158 e. The SMILES string of the molecule is CCc1ccc([S+]([O-])c2ccc(O)cc2)cc1C. The Balaban J connectivity index is 2.31. The molecule has 18 heavy (non-hydrogen) atoms. The molecule has 1 unspecified atom stereocenters. The molecule has 0 amide bonds. The zero-order valence-electron chi connectivity index (χ0n) is 10.5. The third kappa shape index (κ3) is 2.68. The van der Waals surface area contributed by atoms with Crippen molar-refractivity contribution in [2.45, 2.75) is 30.1 Å². The quantitative estimate of drug-likeness (QED) is 0.859. The zero-order valence-corrected chi connectivity index (χ0v) is 11.3. The Kier molecular flexibility index (Phi) is 3.94. The second-order valence-corrected chi connectivity index (χ2v) is 5.68. The Bertz CT molecular complexity index is 535. The zero-order chi connectivity index (χ0) is 13.1. The van der Waals surface area contributed by atoms with E-state index >= 15 is 0 Å². The van der Waals surface area contributed by atoms with Gasteiger partial charge in [0.25, 0.3) is 0 Å². The van der Waals surface area contributed by atoms with Crippen molar-refractivity contribution < 1.29 is 9.66 Å². The molecule has 0 bridgehead atoms. The molecule has 0 aliphatic heterocycles. The Morgan fingerprint density at radius 2 is 1.67 bits per heavy atom. The number of benzene rings is 2. The van der Waals surface area contributed by atoms with Crippen molar-refractivity contribution in [1.29, 1.82) is 0 Å². The van der Waals surface area contributed by atoms with Crippen molar-refractivity contribution in [3.63, 3.8) is 0 Å². The normalized spacial score (nSPS) is 12.4. The van der Waals surface area contributed by atoms with Crippen LogP contribution in [0.2, 0.25) is 0 Å². The van der Waals surface area contributed by atoms with Crippen LogP contribution >= 0.6 is 0 Å². The molecule has 0 aromatic heterocycles. The molecule has 0 saturated carbocycles. The summed E-state index contributed by atoms with van der Waals surface area (Å²) >= 11 is -1.19. The summed E-state index contributed by atoms with van der Waals surface area (Å²) in [5.74, 6) is 0.188. The van der Waals surface area contributed by atoms with Crippen molar-refractivity contribution in [3.05, 3.63) is 53.6 Å². The van der Waals surface area contributed by atoms with Gasteiger partial charge in [-0.2, -0.15) is 0 Å². The highest BCUT2D eigenvalue weighted by atomic mass is 32.2. The van der Waals surface area contributed by atoms with Crippen LogP contribution in [-0.2, 0) is 17.6 Å². The molecule has 2 rings (SSSR count). The first kappa shape index (κ1) is 13.0. The van der Waals surface area contributed by atoms with E-state index in [0.29, 0.717) is 4.90 Å². The third-order valence-corrected chi connectivity index (χ3v) is 4.34. The number of rotatable bonds is 3. The fourth-order valence-corrected chi connectivity index (χ4v) is 3.02. The summed E-state index contributed by atoms with van der Waals surface area (Å²) in [5.41, 5.74) is 2.45. The van der Waals surface area contributed by atoms with Gasteiger partial charge in [0, 0.05) is 11.2 Å². The Hall–Kier alpha value is -1.45. The van der Waals surface area contributed by atoms with Gasteiger partial charge in [-0.3, -0.25) is 0 Å². The van der Waals surface area contributed by atoms with Crippen molar-refractivity contribution in [2.75, 3.05) is 0 Å². The van der Waals surface area contributed by atoms with E-state index in [0.717, 1.165) is 11.3 Å². The van der Waals surface area contributed by atoms with Gasteiger partial charge in [0.1, 0.15) is 5.75 Å². The number of aryl methyl sites for hydroxylation is 2. The van der Waals surface area contributed by atoms with Crippen LogP contribution in [0.4, 0.5) is 0 Å². The predicted octanol–water partition coefficient (Wildman–Crippen LogP) is 3.43. The number of aromatic hydroxyl groups is 1. The van der Waals surface area contributed by atoms with Gasteiger partial charge in [-0.1, -0.05) is 13.0 Å². The third-order valence-electron chi connectivity index (χ3n) is 2.96. The lowest BCUT2D eigenvalue weighted by atomic mass is 10.1. The molecule has 0 aliphatic carbocycles. The minimum atomic E-state index is -1.19. The van der Waals surface area contributed by atoms with Gasteiger partial charge in [0.2, 0.25) is 0 Å². The van der Waals surface area contributed by atoms with E-state index in [9.17, 15) is 9.66 Å². The standard InChI is InChI=1S/C15H16O2S/c1-3-12-4-7-15(10-11(12)2)18(17)14-8-5-13(16)6-9-14/h4-10,16H,3H2,1-2H3. The molecule has 0 spiro atoms. The molecule has 94 valence electrons. The summed E-state index contributed by atoms with van der Waals surface area (Å²) in [6.45, 7) is 4.15. The van der Waals surface area contributed by atoms with Gasteiger partial charge in [0.15, 0.2) is 9.79 Å². The number of hydrogen-bond donors (Lipinski definition) is 1. The Labute approximate surface area is 110 Å². The second kappa shape index (κ2) is 5.46. The first-order valence-electron chi connectivity index (χ1n) is 5.92. The molecule has 2 aromatic rings. The average Bonchev–Trinajstić information content (AvgIpc) is 2.38. The molecular formula is C15H16O2S. The first-order valence-corrected chi connectivity index (χ1v) is 7.07. The van der Waals surface area contributed by atoms with Gasteiger partial charge in [0.05, 0.1) is 0 Å². The summed E-state index contributed by atoms with van der Waals surface area (Å²) < 4.78 is 12.3. The molecule has 0 saturated heterocycles.